The van der Waals surface area contributed by atoms with Crippen LogP contribution in [-0.4, -0.2) is 34.6 Å². The second-order valence-corrected chi connectivity index (χ2v) is 6.35. The molecule has 0 spiro atoms. The van der Waals surface area contributed by atoms with E-state index in [0.717, 1.165) is 24.1 Å². The molecule has 1 aliphatic carbocycles. The molecule has 0 radical (unpaired) electrons. The molecule has 0 atom stereocenters. The number of rotatable bonds is 4. The van der Waals surface area contributed by atoms with Crippen molar-refractivity contribution in [1.29, 1.82) is 0 Å². The molecule has 1 aromatic rings. The summed E-state index contributed by atoms with van der Waals surface area (Å²) < 4.78 is 0. The predicted octanol–water partition coefficient (Wildman–Crippen LogP) is 2.68. The van der Waals surface area contributed by atoms with E-state index in [0.29, 0.717) is 19.4 Å². The van der Waals surface area contributed by atoms with Crippen LogP contribution in [0.4, 0.5) is 4.79 Å². The molecule has 110 valence electrons. The highest BCUT2D eigenvalue weighted by Crippen LogP contribution is 2.28. The van der Waals surface area contributed by atoms with E-state index in [1.165, 1.54) is 4.90 Å². The van der Waals surface area contributed by atoms with Crippen LogP contribution >= 0.6 is 11.3 Å². The predicted molar refractivity (Wildman–Crippen MR) is 77.8 cm³/mol. The summed E-state index contributed by atoms with van der Waals surface area (Å²) in [6.07, 6.45) is 3.76. The monoisotopic (exact) mass is 296 g/mol. The lowest BCUT2D eigenvalue weighted by atomic mass is 9.82. The summed E-state index contributed by atoms with van der Waals surface area (Å²) in [5.41, 5.74) is -1.08. The molecule has 6 heteroatoms. The highest BCUT2D eigenvalue weighted by Gasteiger charge is 2.41. The minimum atomic E-state index is -1.08. The summed E-state index contributed by atoms with van der Waals surface area (Å²) in [5, 5.41) is 14.1. The first kappa shape index (κ1) is 14.8. The van der Waals surface area contributed by atoms with Gasteiger partial charge in [0.2, 0.25) is 0 Å². The van der Waals surface area contributed by atoms with E-state index in [-0.39, 0.29) is 6.03 Å². The van der Waals surface area contributed by atoms with Gasteiger partial charge in [0.1, 0.15) is 5.54 Å². The van der Waals surface area contributed by atoms with Gasteiger partial charge in [0, 0.05) is 11.9 Å². The summed E-state index contributed by atoms with van der Waals surface area (Å²) in [4.78, 5) is 26.3. The fraction of sp³-hybridized carbons (Fsp3) is 0.571. The molecular formula is C14H20N2O3S. The third-order valence-electron chi connectivity index (χ3n) is 3.78. The number of amides is 2. The standard InChI is InChI=1S/C14H20N2O3S/c1-16(10-11-6-5-9-20-11)13(19)15-14(12(17)18)7-3-2-4-8-14/h5-6,9H,2-4,7-8,10H2,1H3,(H,15,19)(H,17,18). The van der Waals surface area contributed by atoms with E-state index in [1.807, 2.05) is 17.5 Å². The van der Waals surface area contributed by atoms with Gasteiger partial charge in [-0.25, -0.2) is 9.59 Å². The molecule has 0 unspecified atom stereocenters. The zero-order chi connectivity index (χ0) is 14.6. The molecule has 2 amide bonds. The first-order valence-corrected chi connectivity index (χ1v) is 7.70. The molecule has 5 nitrogen and oxygen atoms in total. The molecule has 1 fully saturated rings. The van der Waals surface area contributed by atoms with Crippen LogP contribution < -0.4 is 5.32 Å². The Morgan fingerprint density at radius 2 is 2.10 bits per heavy atom. The number of hydrogen-bond acceptors (Lipinski definition) is 3. The van der Waals surface area contributed by atoms with Crippen molar-refractivity contribution in [2.75, 3.05) is 7.05 Å². The number of nitrogens with zero attached hydrogens (tertiary/aromatic N) is 1. The number of aliphatic carboxylic acids is 1. The van der Waals surface area contributed by atoms with E-state index in [9.17, 15) is 14.7 Å². The molecule has 2 rings (SSSR count). The Balaban J connectivity index is 1.99. The van der Waals surface area contributed by atoms with Crippen molar-refractivity contribution in [2.45, 2.75) is 44.2 Å². The van der Waals surface area contributed by atoms with Crippen LogP contribution in [0.15, 0.2) is 17.5 Å². The molecular weight excluding hydrogens is 276 g/mol. The van der Waals surface area contributed by atoms with E-state index in [2.05, 4.69) is 5.32 Å². The number of urea groups is 1. The molecule has 1 aliphatic rings. The number of carbonyl (C=O) groups excluding carboxylic acids is 1. The van der Waals surface area contributed by atoms with Gasteiger partial charge in [-0.1, -0.05) is 25.3 Å². The average molecular weight is 296 g/mol. The second-order valence-electron chi connectivity index (χ2n) is 5.31. The van der Waals surface area contributed by atoms with Crippen LogP contribution in [0.25, 0.3) is 0 Å². The maximum Gasteiger partial charge on any atom is 0.329 e. The number of hydrogen-bond donors (Lipinski definition) is 2. The Labute approximate surface area is 122 Å². The maximum absolute atomic E-state index is 12.2. The number of thiophene rings is 1. The van der Waals surface area contributed by atoms with Crippen molar-refractivity contribution in [2.24, 2.45) is 0 Å². The highest BCUT2D eigenvalue weighted by molar-refractivity contribution is 7.09. The average Bonchev–Trinajstić information content (AvgIpc) is 2.92. The Kier molecular flexibility index (Phi) is 4.65. The largest absolute Gasteiger partial charge is 0.480 e. The van der Waals surface area contributed by atoms with Crippen LogP contribution in [0.1, 0.15) is 37.0 Å². The van der Waals surface area contributed by atoms with Crippen molar-refractivity contribution in [1.82, 2.24) is 10.2 Å². The van der Waals surface area contributed by atoms with Gasteiger partial charge in [-0.3, -0.25) is 0 Å². The van der Waals surface area contributed by atoms with Gasteiger partial charge in [-0.2, -0.15) is 0 Å². The zero-order valence-electron chi connectivity index (χ0n) is 11.6. The van der Waals surface area contributed by atoms with Crippen LogP contribution in [-0.2, 0) is 11.3 Å². The van der Waals surface area contributed by atoms with Gasteiger partial charge in [0.25, 0.3) is 0 Å². The lowest BCUT2D eigenvalue weighted by Crippen LogP contribution is -2.58. The van der Waals surface area contributed by atoms with Crippen LogP contribution in [0.2, 0.25) is 0 Å². The SMILES string of the molecule is CN(Cc1cccs1)C(=O)NC1(C(=O)O)CCCCC1. The van der Waals surface area contributed by atoms with Gasteiger partial charge in [0.05, 0.1) is 6.54 Å². The Morgan fingerprint density at radius 1 is 1.40 bits per heavy atom. The fourth-order valence-electron chi connectivity index (χ4n) is 2.56. The quantitative estimate of drug-likeness (QED) is 0.897. The van der Waals surface area contributed by atoms with Gasteiger partial charge in [-0.05, 0) is 24.3 Å². The van der Waals surface area contributed by atoms with E-state index in [4.69, 9.17) is 0 Å². The molecule has 0 aliphatic heterocycles. The summed E-state index contributed by atoms with van der Waals surface area (Å²) >= 11 is 1.58. The molecule has 1 saturated carbocycles. The van der Waals surface area contributed by atoms with Crippen molar-refractivity contribution < 1.29 is 14.7 Å². The van der Waals surface area contributed by atoms with Gasteiger partial charge >= 0.3 is 12.0 Å². The number of carboxylic acid groups (broad SMARTS) is 1. The van der Waals surface area contributed by atoms with Gasteiger partial charge in [-0.15, -0.1) is 11.3 Å². The molecule has 20 heavy (non-hydrogen) atoms. The highest BCUT2D eigenvalue weighted by atomic mass is 32.1. The first-order valence-electron chi connectivity index (χ1n) is 6.82. The van der Waals surface area contributed by atoms with Crippen molar-refractivity contribution in [3.8, 4) is 0 Å². The lowest BCUT2D eigenvalue weighted by molar-refractivity contribution is -0.145. The summed E-state index contributed by atoms with van der Waals surface area (Å²) in [6.45, 7) is 0.499. The smallest absolute Gasteiger partial charge is 0.329 e. The fourth-order valence-corrected chi connectivity index (χ4v) is 3.31. The Bertz CT molecular complexity index is 467. The van der Waals surface area contributed by atoms with E-state index in [1.54, 1.807) is 18.4 Å². The number of carbonyl (C=O) groups is 2. The Hall–Kier alpha value is -1.56. The minimum Gasteiger partial charge on any atom is -0.480 e. The second kappa shape index (κ2) is 6.26. The van der Waals surface area contributed by atoms with Crippen molar-refractivity contribution >= 4 is 23.3 Å². The van der Waals surface area contributed by atoms with Gasteiger partial charge < -0.3 is 15.3 Å². The molecule has 0 aromatic carbocycles. The number of carboxylic acids is 1. The maximum atomic E-state index is 12.2. The van der Waals surface area contributed by atoms with Gasteiger partial charge in [0.15, 0.2) is 0 Å². The molecule has 0 saturated heterocycles. The van der Waals surface area contributed by atoms with Crippen molar-refractivity contribution in [3.63, 3.8) is 0 Å². The third kappa shape index (κ3) is 3.30. The Morgan fingerprint density at radius 3 is 2.65 bits per heavy atom. The molecule has 1 heterocycles. The molecule has 0 bridgehead atoms. The van der Waals surface area contributed by atoms with Crippen molar-refractivity contribution in [3.05, 3.63) is 22.4 Å². The van der Waals surface area contributed by atoms with E-state index >= 15 is 0 Å². The lowest BCUT2D eigenvalue weighted by Gasteiger charge is -2.35. The van der Waals surface area contributed by atoms with E-state index < -0.39 is 11.5 Å². The normalized spacial score (nSPS) is 17.4. The van der Waals surface area contributed by atoms with Crippen LogP contribution in [0.3, 0.4) is 0 Å². The van der Waals surface area contributed by atoms with Crippen LogP contribution in [0, 0.1) is 0 Å². The third-order valence-corrected chi connectivity index (χ3v) is 4.64. The summed E-state index contributed by atoms with van der Waals surface area (Å²) in [5.74, 6) is -0.921. The topological polar surface area (TPSA) is 69.6 Å². The number of nitrogens with one attached hydrogen (secondary N) is 1. The molecule has 1 aromatic heterocycles. The molecule has 2 N–H and O–H groups in total. The zero-order valence-corrected chi connectivity index (χ0v) is 12.4. The van der Waals surface area contributed by atoms with Crippen LogP contribution in [0.5, 0.6) is 0 Å². The summed E-state index contributed by atoms with van der Waals surface area (Å²) in [6, 6.07) is 3.58. The minimum absolute atomic E-state index is 0.317. The first-order chi connectivity index (χ1) is 9.53. The summed E-state index contributed by atoms with van der Waals surface area (Å²) in [7, 11) is 1.69.